The van der Waals surface area contributed by atoms with Crippen LogP contribution >= 0.6 is 22.7 Å². The van der Waals surface area contributed by atoms with Crippen molar-refractivity contribution < 1.29 is 5.11 Å². The minimum atomic E-state index is 0.0000682. The Bertz CT molecular complexity index is 421. The van der Waals surface area contributed by atoms with E-state index in [9.17, 15) is 0 Å². The molecule has 2 heterocycles. The van der Waals surface area contributed by atoms with Crippen molar-refractivity contribution in [1.82, 2.24) is 4.98 Å². The Morgan fingerprint density at radius 3 is 3.00 bits per heavy atom. The third kappa shape index (κ3) is 2.36. The Kier molecular flexibility index (Phi) is 2.85. The van der Waals surface area contributed by atoms with Crippen LogP contribution in [0.5, 0.6) is 5.88 Å². The third-order valence-electron chi connectivity index (χ3n) is 1.44. The molecule has 0 spiro atoms. The fraction of sp³-hybridized carbons (Fsp3) is 0.125. The van der Waals surface area contributed by atoms with Gasteiger partial charge in [-0.2, -0.15) is 10.1 Å². The highest BCUT2D eigenvalue weighted by Crippen LogP contribution is 2.23. The van der Waals surface area contributed by atoms with E-state index in [1.165, 1.54) is 16.7 Å². The normalized spacial score (nSPS) is 11.1. The van der Waals surface area contributed by atoms with Crippen LogP contribution < -0.4 is 0 Å². The molecule has 0 unspecified atom stereocenters. The predicted octanol–water partition coefficient (Wildman–Crippen LogP) is 3.19. The van der Waals surface area contributed by atoms with Crippen molar-refractivity contribution in [3.63, 3.8) is 0 Å². The Morgan fingerprint density at radius 2 is 2.36 bits per heavy atom. The number of azo groups is 1. The molecular formula is C8H7N3OS2. The summed E-state index contributed by atoms with van der Waals surface area (Å²) in [5.41, 5.74) is 0. The number of thiophene rings is 1. The van der Waals surface area contributed by atoms with Gasteiger partial charge in [0.1, 0.15) is 0 Å². The summed E-state index contributed by atoms with van der Waals surface area (Å²) in [6.45, 7) is 0.567. The minimum Gasteiger partial charge on any atom is -0.493 e. The first kappa shape index (κ1) is 9.29. The summed E-state index contributed by atoms with van der Waals surface area (Å²) in [6, 6.07) is 3.98. The molecule has 0 aliphatic heterocycles. The summed E-state index contributed by atoms with van der Waals surface area (Å²) in [7, 11) is 0. The highest BCUT2D eigenvalue weighted by atomic mass is 32.1. The Hall–Kier alpha value is -1.27. The van der Waals surface area contributed by atoms with Crippen molar-refractivity contribution in [1.29, 1.82) is 0 Å². The molecule has 0 aliphatic rings. The number of aromatic nitrogens is 1. The van der Waals surface area contributed by atoms with Gasteiger partial charge in [0.05, 0.1) is 11.9 Å². The summed E-state index contributed by atoms with van der Waals surface area (Å²) >= 11 is 2.91. The number of thiazole rings is 1. The van der Waals surface area contributed by atoms with Gasteiger partial charge in [0.2, 0.25) is 11.0 Å². The smallest absolute Gasteiger partial charge is 0.232 e. The van der Waals surface area contributed by atoms with E-state index in [4.69, 9.17) is 5.11 Å². The van der Waals surface area contributed by atoms with Crippen LogP contribution in [0.25, 0.3) is 0 Å². The van der Waals surface area contributed by atoms with Gasteiger partial charge in [-0.3, -0.25) is 0 Å². The predicted molar refractivity (Wildman–Crippen MR) is 56.3 cm³/mol. The molecule has 4 nitrogen and oxygen atoms in total. The van der Waals surface area contributed by atoms with Gasteiger partial charge in [-0.1, -0.05) is 17.4 Å². The lowest BCUT2D eigenvalue weighted by atomic mass is 10.5. The first-order chi connectivity index (χ1) is 6.84. The maximum atomic E-state index is 8.94. The van der Waals surface area contributed by atoms with Crippen LogP contribution in [-0.2, 0) is 6.54 Å². The van der Waals surface area contributed by atoms with Crippen molar-refractivity contribution in [3.8, 4) is 5.88 Å². The van der Waals surface area contributed by atoms with E-state index in [0.717, 1.165) is 4.88 Å². The average molecular weight is 225 g/mol. The summed E-state index contributed by atoms with van der Waals surface area (Å²) < 4.78 is 0. The van der Waals surface area contributed by atoms with Gasteiger partial charge in [0.15, 0.2) is 0 Å². The monoisotopic (exact) mass is 225 g/mol. The molecule has 0 saturated heterocycles. The van der Waals surface area contributed by atoms with Crippen molar-refractivity contribution in [2.24, 2.45) is 10.2 Å². The topological polar surface area (TPSA) is 57.8 Å². The van der Waals surface area contributed by atoms with Crippen LogP contribution in [0.3, 0.4) is 0 Å². The first-order valence-corrected chi connectivity index (χ1v) is 5.65. The summed E-state index contributed by atoms with van der Waals surface area (Å²) in [5.74, 6) is 0.0000682. The van der Waals surface area contributed by atoms with E-state index < -0.39 is 0 Å². The molecule has 0 bridgehead atoms. The largest absolute Gasteiger partial charge is 0.493 e. The highest BCUT2D eigenvalue weighted by molar-refractivity contribution is 7.13. The molecule has 0 radical (unpaired) electrons. The van der Waals surface area contributed by atoms with Gasteiger partial charge in [-0.05, 0) is 11.4 Å². The van der Waals surface area contributed by atoms with Crippen LogP contribution in [-0.4, -0.2) is 10.1 Å². The maximum Gasteiger partial charge on any atom is 0.232 e. The third-order valence-corrected chi connectivity index (χ3v) is 3.02. The molecule has 6 heteroatoms. The second-order valence-corrected chi connectivity index (χ2v) is 4.34. The van der Waals surface area contributed by atoms with E-state index in [1.54, 1.807) is 11.3 Å². The van der Waals surface area contributed by atoms with E-state index in [1.807, 2.05) is 17.5 Å². The van der Waals surface area contributed by atoms with Crippen molar-refractivity contribution >= 4 is 27.8 Å². The van der Waals surface area contributed by atoms with Gasteiger partial charge < -0.3 is 5.11 Å². The lowest BCUT2D eigenvalue weighted by Gasteiger charge is -1.85. The van der Waals surface area contributed by atoms with Crippen LogP contribution in [0.1, 0.15) is 4.88 Å². The van der Waals surface area contributed by atoms with Crippen molar-refractivity contribution in [2.75, 3.05) is 0 Å². The molecule has 0 atom stereocenters. The van der Waals surface area contributed by atoms with Gasteiger partial charge in [-0.25, -0.2) is 0 Å². The zero-order valence-electron chi connectivity index (χ0n) is 7.12. The molecule has 0 saturated carbocycles. The Labute approximate surface area is 88.6 Å². The second kappa shape index (κ2) is 4.30. The van der Waals surface area contributed by atoms with E-state index in [0.29, 0.717) is 11.7 Å². The molecule has 0 fully saturated rings. The van der Waals surface area contributed by atoms with Gasteiger partial charge in [-0.15, -0.1) is 16.5 Å². The van der Waals surface area contributed by atoms with Gasteiger partial charge in [0, 0.05) is 4.88 Å². The summed E-state index contributed by atoms with van der Waals surface area (Å²) in [6.07, 6.45) is 0. The summed E-state index contributed by atoms with van der Waals surface area (Å²) in [5, 5.41) is 20.8. The van der Waals surface area contributed by atoms with Crippen LogP contribution in [0.4, 0.5) is 5.13 Å². The fourth-order valence-electron chi connectivity index (χ4n) is 0.870. The average Bonchev–Trinajstić information content (AvgIpc) is 2.77. The zero-order valence-corrected chi connectivity index (χ0v) is 8.75. The molecule has 2 aromatic heterocycles. The van der Waals surface area contributed by atoms with E-state index in [-0.39, 0.29) is 5.88 Å². The maximum absolute atomic E-state index is 8.94. The lowest BCUT2D eigenvalue weighted by Crippen LogP contribution is -1.69. The molecule has 2 rings (SSSR count). The molecule has 2 aromatic rings. The van der Waals surface area contributed by atoms with E-state index >= 15 is 0 Å². The number of rotatable bonds is 3. The second-order valence-electron chi connectivity index (χ2n) is 2.47. The van der Waals surface area contributed by atoms with Gasteiger partial charge in [0.25, 0.3) is 0 Å². The fourth-order valence-corrected chi connectivity index (χ4v) is 2.01. The van der Waals surface area contributed by atoms with Crippen molar-refractivity contribution in [3.05, 3.63) is 27.8 Å². The number of hydrogen-bond acceptors (Lipinski definition) is 6. The quantitative estimate of drug-likeness (QED) is 0.815. The highest BCUT2D eigenvalue weighted by Gasteiger charge is 1.96. The molecule has 14 heavy (non-hydrogen) atoms. The van der Waals surface area contributed by atoms with E-state index in [2.05, 4.69) is 15.2 Å². The molecule has 0 aliphatic carbocycles. The van der Waals surface area contributed by atoms with Gasteiger partial charge >= 0.3 is 0 Å². The summed E-state index contributed by atoms with van der Waals surface area (Å²) in [4.78, 5) is 4.91. The molecule has 0 amide bonds. The Morgan fingerprint density at radius 1 is 1.43 bits per heavy atom. The molecule has 0 aromatic carbocycles. The van der Waals surface area contributed by atoms with Crippen LogP contribution in [0, 0.1) is 0 Å². The molecule has 72 valence electrons. The molecule has 1 N–H and O–H groups in total. The SMILES string of the molecule is Oc1csc(N=NCc2cccs2)n1. The zero-order chi connectivity index (χ0) is 9.80. The Balaban J connectivity index is 1.95. The number of nitrogens with zero attached hydrogens (tertiary/aromatic N) is 3. The number of hydrogen-bond donors (Lipinski definition) is 1. The number of aromatic hydroxyl groups is 1. The first-order valence-electron chi connectivity index (χ1n) is 3.89. The molecular weight excluding hydrogens is 218 g/mol. The standard InChI is InChI=1S/C8H7N3OS2/c12-7-5-14-8(10-7)11-9-4-6-2-1-3-13-6/h1-3,5,12H,4H2. The van der Waals surface area contributed by atoms with Crippen LogP contribution in [0.15, 0.2) is 33.1 Å². The minimum absolute atomic E-state index is 0.0000682. The lowest BCUT2D eigenvalue weighted by molar-refractivity contribution is 0.457. The van der Waals surface area contributed by atoms with Crippen molar-refractivity contribution in [2.45, 2.75) is 6.54 Å². The van der Waals surface area contributed by atoms with Crippen LogP contribution in [0.2, 0.25) is 0 Å².